The first kappa shape index (κ1) is 17.4. The zero-order valence-electron chi connectivity index (χ0n) is 13.8. The predicted octanol–water partition coefficient (Wildman–Crippen LogP) is 4.59. The quantitative estimate of drug-likeness (QED) is 0.430. The van der Waals surface area contributed by atoms with E-state index in [-0.39, 0.29) is 5.92 Å². The average molecular weight is 279 g/mol. The van der Waals surface area contributed by atoms with Gasteiger partial charge in [0.25, 0.3) is 0 Å². The molecule has 0 aromatic heterocycles. The van der Waals surface area contributed by atoms with E-state index in [0.717, 1.165) is 31.4 Å². The molecule has 0 aliphatic heterocycles. The summed E-state index contributed by atoms with van der Waals surface area (Å²) in [5.74, 6) is 0.673. The molecule has 1 fully saturated rings. The first-order chi connectivity index (χ1) is 9.65. The molecule has 0 radical (unpaired) electrons. The van der Waals surface area contributed by atoms with Crippen molar-refractivity contribution < 1.29 is 4.79 Å². The molecular formula is C18H33NO. The van der Waals surface area contributed by atoms with E-state index in [4.69, 9.17) is 0 Å². The van der Waals surface area contributed by atoms with E-state index in [9.17, 15) is 4.79 Å². The molecule has 0 heterocycles. The van der Waals surface area contributed by atoms with Gasteiger partial charge in [-0.25, -0.2) is 0 Å². The zero-order valence-corrected chi connectivity index (χ0v) is 13.8. The summed E-state index contributed by atoms with van der Waals surface area (Å²) in [5.41, 5.74) is 1.11. The van der Waals surface area contributed by atoms with Gasteiger partial charge in [0.15, 0.2) is 5.78 Å². The van der Waals surface area contributed by atoms with Crippen LogP contribution in [0.5, 0.6) is 0 Å². The molecule has 1 rings (SSSR count). The molecule has 1 aliphatic carbocycles. The van der Waals surface area contributed by atoms with Crippen molar-refractivity contribution in [3.63, 3.8) is 0 Å². The van der Waals surface area contributed by atoms with E-state index in [1.807, 2.05) is 14.1 Å². The lowest BCUT2D eigenvalue weighted by Gasteiger charge is -2.13. The number of hydrogen-bond donors (Lipinski definition) is 0. The third-order valence-electron chi connectivity index (χ3n) is 4.23. The van der Waals surface area contributed by atoms with Gasteiger partial charge in [-0.15, -0.1) is 0 Å². The largest absolute Gasteiger partial charge is 0.309 e. The summed E-state index contributed by atoms with van der Waals surface area (Å²) in [5, 5.41) is 0. The molecule has 0 bridgehead atoms. The maximum absolute atomic E-state index is 12.2. The topological polar surface area (TPSA) is 20.3 Å². The Bertz CT molecular complexity index is 307. The minimum atomic E-state index is 0.255. The molecule has 0 spiro atoms. The molecular weight excluding hydrogens is 246 g/mol. The summed E-state index contributed by atoms with van der Waals surface area (Å²) in [6.07, 6.45) is 14.8. The van der Waals surface area contributed by atoms with Crippen LogP contribution < -0.4 is 0 Å². The lowest BCUT2D eigenvalue weighted by atomic mass is 10.0. The van der Waals surface area contributed by atoms with Crippen molar-refractivity contribution in [1.82, 2.24) is 4.90 Å². The number of unbranched alkanes of at least 4 members (excludes halogenated alkanes) is 7. The van der Waals surface area contributed by atoms with Crippen LogP contribution in [0.3, 0.4) is 0 Å². The van der Waals surface area contributed by atoms with Gasteiger partial charge in [-0.1, -0.05) is 51.5 Å². The van der Waals surface area contributed by atoms with Crippen molar-refractivity contribution >= 4 is 5.78 Å². The number of ketones is 1. The molecule has 2 nitrogen and oxygen atoms in total. The minimum absolute atomic E-state index is 0.255. The Kier molecular flexibility index (Phi) is 8.84. The normalized spacial score (nSPS) is 21.3. The summed E-state index contributed by atoms with van der Waals surface area (Å²) in [7, 11) is 4.10. The zero-order chi connectivity index (χ0) is 14.8. The van der Waals surface area contributed by atoms with Gasteiger partial charge >= 0.3 is 0 Å². The summed E-state index contributed by atoms with van der Waals surface area (Å²) < 4.78 is 0. The van der Waals surface area contributed by atoms with E-state index in [1.165, 1.54) is 44.9 Å². The van der Waals surface area contributed by atoms with E-state index in [0.29, 0.717) is 5.78 Å². The lowest BCUT2D eigenvalue weighted by molar-refractivity contribution is -0.118. The first-order valence-corrected chi connectivity index (χ1v) is 8.53. The average Bonchev–Trinajstić information content (AvgIpc) is 2.74. The van der Waals surface area contributed by atoms with E-state index in [2.05, 4.69) is 17.9 Å². The van der Waals surface area contributed by atoms with Crippen LogP contribution in [0.15, 0.2) is 11.6 Å². The highest BCUT2D eigenvalue weighted by atomic mass is 16.1. The van der Waals surface area contributed by atoms with Gasteiger partial charge in [-0.3, -0.25) is 4.79 Å². The molecule has 20 heavy (non-hydrogen) atoms. The summed E-state index contributed by atoms with van der Waals surface area (Å²) >= 11 is 0. The first-order valence-electron chi connectivity index (χ1n) is 8.53. The molecule has 0 saturated heterocycles. The number of Topliss-reactive ketones (excluding diaryl/α,β-unsaturated/α-hetero) is 1. The maximum Gasteiger partial charge on any atom is 0.162 e. The Balaban J connectivity index is 2.12. The summed E-state index contributed by atoms with van der Waals surface area (Å²) in [6, 6.07) is 0. The molecule has 1 atom stereocenters. The maximum atomic E-state index is 12.2. The summed E-state index contributed by atoms with van der Waals surface area (Å²) in [4.78, 5) is 14.3. The Morgan fingerprint density at radius 3 is 2.40 bits per heavy atom. The van der Waals surface area contributed by atoms with Gasteiger partial charge in [0.2, 0.25) is 0 Å². The molecule has 1 aliphatic rings. The smallest absolute Gasteiger partial charge is 0.162 e. The Morgan fingerprint density at radius 2 is 1.75 bits per heavy atom. The van der Waals surface area contributed by atoms with Crippen molar-refractivity contribution in [2.24, 2.45) is 5.92 Å². The lowest BCUT2D eigenvalue weighted by Crippen LogP contribution is -2.24. The fraction of sp³-hybridized carbons (Fsp3) is 0.833. The van der Waals surface area contributed by atoms with Gasteiger partial charge in [0, 0.05) is 12.5 Å². The fourth-order valence-electron chi connectivity index (χ4n) is 3.04. The number of hydrogen-bond acceptors (Lipinski definition) is 2. The number of nitrogens with zero attached hydrogens (tertiary/aromatic N) is 1. The van der Waals surface area contributed by atoms with Crippen LogP contribution in [-0.2, 0) is 4.79 Å². The molecule has 0 N–H and O–H groups in total. The Morgan fingerprint density at radius 1 is 1.10 bits per heavy atom. The highest BCUT2D eigenvalue weighted by Gasteiger charge is 2.28. The molecule has 2 heteroatoms. The highest BCUT2D eigenvalue weighted by molar-refractivity contribution is 5.99. The van der Waals surface area contributed by atoms with Crippen molar-refractivity contribution in [3.05, 3.63) is 11.6 Å². The van der Waals surface area contributed by atoms with Gasteiger partial charge in [0.05, 0.1) is 0 Å². The SMILES string of the molecule is CCCCCCCCC/C=C1/CCC(CN(C)C)C1=O. The minimum Gasteiger partial charge on any atom is -0.309 e. The van der Waals surface area contributed by atoms with E-state index < -0.39 is 0 Å². The Labute approximate surface area is 125 Å². The highest BCUT2D eigenvalue weighted by Crippen LogP contribution is 2.27. The standard InChI is InChI=1S/C18H33NO/c1-4-5-6-7-8-9-10-11-12-16-13-14-17(18(16)20)15-19(2)3/h12,17H,4-11,13-15H2,1-3H3/b16-12-. The van der Waals surface area contributed by atoms with Gasteiger partial charge in [0.1, 0.15) is 0 Å². The summed E-state index contributed by atoms with van der Waals surface area (Å²) in [6.45, 7) is 3.17. The number of carbonyl (C=O) groups is 1. The third-order valence-corrected chi connectivity index (χ3v) is 4.23. The van der Waals surface area contributed by atoms with Crippen LogP contribution in [0.2, 0.25) is 0 Å². The van der Waals surface area contributed by atoms with Crippen LogP contribution >= 0.6 is 0 Å². The number of carbonyl (C=O) groups excluding carboxylic acids is 1. The number of allylic oxidation sites excluding steroid dienone is 2. The van der Waals surface area contributed by atoms with Crippen molar-refractivity contribution in [2.45, 2.75) is 71.1 Å². The van der Waals surface area contributed by atoms with Crippen LogP contribution in [0.4, 0.5) is 0 Å². The van der Waals surface area contributed by atoms with Gasteiger partial charge in [-0.2, -0.15) is 0 Å². The molecule has 0 aromatic carbocycles. The van der Waals surface area contributed by atoms with Crippen LogP contribution in [-0.4, -0.2) is 31.3 Å². The second-order valence-electron chi connectivity index (χ2n) is 6.50. The van der Waals surface area contributed by atoms with Crippen LogP contribution in [0, 0.1) is 5.92 Å². The van der Waals surface area contributed by atoms with Crippen LogP contribution in [0.25, 0.3) is 0 Å². The van der Waals surface area contributed by atoms with Gasteiger partial charge < -0.3 is 4.90 Å². The van der Waals surface area contributed by atoms with Crippen molar-refractivity contribution in [2.75, 3.05) is 20.6 Å². The molecule has 0 aromatic rings. The van der Waals surface area contributed by atoms with Gasteiger partial charge in [-0.05, 0) is 45.4 Å². The van der Waals surface area contributed by atoms with Crippen molar-refractivity contribution in [3.8, 4) is 0 Å². The Hall–Kier alpha value is -0.630. The molecule has 1 saturated carbocycles. The van der Waals surface area contributed by atoms with E-state index in [1.54, 1.807) is 0 Å². The van der Waals surface area contributed by atoms with E-state index >= 15 is 0 Å². The molecule has 0 amide bonds. The predicted molar refractivity (Wildman–Crippen MR) is 87.0 cm³/mol. The van der Waals surface area contributed by atoms with Crippen molar-refractivity contribution in [1.29, 1.82) is 0 Å². The second kappa shape index (κ2) is 10.1. The second-order valence-corrected chi connectivity index (χ2v) is 6.50. The molecule has 116 valence electrons. The van der Waals surface area contributed by atoms with Crippen LogP contribution in [0.1, 0.15) is 71.1 Å². The number of rotatable bonds is 10. The fourth-order valence-corrected chi connectivity index (χ4v) is 3.04. The molecule has 1 unspecified atom stereocenters. The monoisotopic (exact) mass is 279 g/mol. The third kappa shape index (κ3) is 6.69.